The highest BCUT2D eigenvalue weighted by Crippen LogP contribution is 2.19. The summed E-state index contributed by atoms with van der Waals surface area (Å²) >= 11 is 0. The van der Waals surface area contributed by atoms with Crippen LogP contribution < -0.4 is 0 Å². The lowest BCUT2D eigenvalue weighted by atomic mass is 9.95. The molecule has 2 nitrogen and oxygen atoms in total. The molecule has 0 unspecified atom stereocenters. The number of carboxylic acids is 1. The quantitative estimate of drug-likeness (QED) is 0.831. The molecule has 2 heteroatoms. The Hall–Kier alpha value is -2.27. The van der Waals surface area contributed by atoms with Crippen molar-refractivity contribution in [2.45, 2.75) is 12.8 Å². The SMILES string of the molecule is C#CC[C@H](Cc1ccc2ccccc2c1)C(=O)O. The molecular weight excluding hydrogens is 224 g/mol. The Morgan fingerprint density at radius 2 is 1.94 bits per heavy atom. The number of terminal acetylenes is 1. The van der Waals surface area contributed by atoms with Gasteiger partial charge in [0, 0.05) is 6.42 Å². The molecular formula is C16H14O2. The van der Waals surface area contributed by atoms with Crippen molar-refractivity contribution in [2.24, 2.45) is 5.92 Å². The topological polar surface area (TPSA) is 37.3 Å². The Balaban J connectivity index is 2.26. The first-order valence-corrected chi connectivity index (χ1v) is 5.84. The lowest BCUT2D eigenvalue weighted by molar-refractivity contribution is -0.141. The smallest absolute Gasteiger partial charge is 0.307 e. The van der Waals surface area contributed by atoms with Crippen LogP contribution in [0, 0.1) is 18.3 Å². The van der Waals surface area contributed by atoms with E-state index in [9.17, 15) is 4.79 Å². The van der Waals surface area contributed by atoms with E-state index < -0.39 is 11.9 Å². The molecule has 2 aromatic rings. The van der Waals surface area contributed by atoms with E-state index in [0.717, 1.165) is 16.3 Å². The molecule has 1 atom stereocenters. The molecule has 0 aromatic heterocycles. The summed E-state index contributed by atoms with van der Waals surface area (Å²) in [6.07, 6.45) is 5.94. The lowest BCUT2D eigenvalue weighted by Crippen LogP contribution is -2.15. The number of aliphatic carboxylic acids is 1. The predicted molar refractivity (Wildman–Crippen MR) is 72.2 cm³/mol. The summed E-state index contributed by atoms with van der Waals surface area (Å²) in [5, 5.41) is 11.4. The van der Waals surface area contributed by atoms with Gasteiger partial charge < -0.3 is 5.11 Å². The van der Waals surface area contributed by atoms with Crippen molar-refractivity contribution in [3.05, 3.63) is 48.0 Å². The first-order chi connectivity index (χ1) is 8.70. The minimum Gasteiger partial charge on any atom is -0.481 e. The summed E-state index contributed by atoms with van der Waals surface area (Å²) < 4.78 is 0. The second kappa shape index (κ2) is 5.37. The van der Waals surface area contributed by atoms with Crippen LogP contribution in [0.5, 0.6) is 0 Å². The van der Waals surface area contributed by atoms with Gasteiger partial charge in [0.05, 0.1) is 5.92 Å². The number of hydrogen-bond acceptors (Lipinski definition) is 1. The van der Waals surface area contributed by atoms with E-state index in [1.807, 2.05) is 42.5 Å². The van der Waals surface area contributed by atoms with E-state index in [1.54, 1.807) is 0 Å². The Bertz CT molecular complexity index is 608. The number of benzene rings is 2. The molecule has 0 aliphatic rings. The Labute approximate surface area is 106 Å². The standard InChI is InChI=1S/C16H14O2/c1-2-5-15(16(17)18)11-12-8-9-13-6-3-4-7-14(13)10-12/h1,3-4,6-10,15H,5,11H2,(H,17,18)/t15-/m1/s1. The molecule has 0 aliphatic carbocycles. The molecule has 2 aromatic carbocycles. The van der Waals surface area contributed by atoms with Crippen molar-refractivity contribution < 1.29 is 9.90 Å². The fraction of sp³-hybridized carbons (Fsp3) is 0.188. The Kier molecular flexibility index (Phi) is 3.64. The van der Waals surface area contributed by atoms with E-state index in [1.165, 1.54) is 0 Å². The van der Waals surface area contributed by atoms with E-state index in [4.69, 9.17) is 11.5 Å². The molecule has 0 saturated carbocycles. The van der Waals surface area contributed by atoms with E-state index in [-0.39, 0.29) is 6.42 Å². The van der Waals surface area contributed by atoms with Crippen LogP contribution in [0.15, 0.2) is 42.5 Å². The number of carboxylic acid groups (broad SMARTS) is 1. The maximum Gasteiger partial charge on any atom is 0.307 e. The third kappa shape index (κ3) is 2.70. The minimum atomic E-state index is -0.832. The van der Waals surface area contributed by atoms with Crippen LogP contribution in [-0.4, -0.2) is 11.1 Å². The Morgan fingerprint density at radius 3 is 2.61 bits per heavy atom. The minimum absolute atomic E-state index is 0.266. The molecule has 0 amide bonds. The first-order valence-electron chi connectivity index (χ1n) is 5.84. The molecule has 0 saturated heterocycles. The summed E-state index contributed by atoms with van der Waals surface area (Å²) in [6.45, 7) is 0. The largest absolute Gasteiger partial charge is 0.481 e. The van der Waals surface area contributed by atoms with Gasteiger partial charge in [0.25, 0.3) is 0 Å². The third-order valence-corrected chi connectivity index (χ3v) is 3.01. The zero-order valence-electron chi connectivity index (χ0n) is 9.97. The average Bonchev–Trinajstić information content (AvgIpc) is 2.38. The van der Waals surface area contributed by atoms with Gasteiger partial charge in [-0.25, -0.2) is 0 Å². The van der Waals surface area contributed by atoms with Gasteiger partial charge in [-0.05, 0) is 22.8 Å². The summed E-state index contributed by atoms with van der Waals surface area (Å²) in [4.78, 5) is 11.1. The fourth-order valence-corrected chi connectivity index (χ4v) is 2.04. The number of fused-ring (bicyclic) bond motifs is 1. The van der Waals surface area contributed by atoms with Crippen LogP contribution in [0.25, 0.3) is 10.8 Å². The molecule has 0 aliphatic heterocycles. The second-order valence-corrected chi connectivity index (χ2v) is 4.33. The van der Waals surface area contributed by atoms with Crippen LogP contribution in [0.4, 0.5) is 0 Å². The molecule has 0 fully saturated rings. The summed E-state index contributed by atoms with van der Waals surface area (Å²) in [6, 6.07) is 14.0. The molecule has 0 bridgehead atoms. The van der Waals surface area contributed by atoms with Crippen molar-refractivity contribution in [1.82, 2.24) is 0 Å². The van der Waals surface area contributed by atoms with Gasteiger partial charge in [-0.3, -0.25) is 4.79 Å². The van der Waals surface area contributed by atoms with Gasteiger partial charge in [-0.2, -0.15) is 0 Å². The lowest BCUT2D eigenvalue weighted by Gasteiger charge is -2.09. The average molecular weight is 238 g/mol. The molecule has 90 valence electrons. The predicted octanol–water partition coefficient (Wildman–Crippen LogP) is 3.11. The number of carbonyl (C=O) groups is 1. The third-order valence-electron chi connectivity index (χ3n) is 3.01. The highest BCUT2D eigenvalue weighted by atomic mass is 16.4. The van der Waals surface area contributed by atoms with Crippen LogP contribution in [0.1, 0.15) is 12.0 Å². The zero-order valence-corrected chi connectivity index (χ0v) is 9.97. The molecule has 1 N–H and O–H groups in total. The highest BCUT2D eigenvalue weighted by Gasteiger charge is 2.16. The van der Waals surface area contributed by atoms with E-state index >= 15 is 0 Å². The molecule has 0 spiro atoms. The summed E-state index contributed by atoms with van der Waals surface area (Å²) in [5.41, 5.74) is 1.01. The normalized spacial score (nSPS) is 11.9. The van der Waals surface area contributed by atoms with Crippen LogP contribution >= 0.6 is 0 Å². The van der Waals surface area contributed by atoms with Crippen molar-refractivity contribution in [2.75, 3.05) is 0 Å². The maximum absolute atomic E-state index is 11.1. The fourth-order valence-electron chi connectivity index (χ4n) is 2.04. The maximum atomic E-state index is 11.1. The van der Waals surface area contributed by atoms with Gasteiger partial charge in [-0.1, -0.05) is 42.5 Å². The van der Waals surface area contributed by atoms with E-state index in [0.29, 0.717) is 6.42 Å². The van der Waals surface area contributed by atoms with Gasteiger partial charge in [0.2, 0.25) is 0 Å². The second-order valence-electron chi connectivity index (χ2n) is 4.33. The van der Waals surface area contributed by atoms with Gasteiger partial charge in [-0.15, -0.1) is 12.3 Å². The molecule has 0 radical (unpaired) electrons. The van der Waals surface area contributed by atoms with Gasteiger partial charge in [0.1, 0.15) is 0 Å². The van der Waals surface area contributed by atoms with Crippen LogP contribution in [0.2, 0.25) is 0 Å². The van der Waals surface area contributed by atoms with Crippen molar-refractivity contribution in [1.29, 1.82) is 0 Å². The van der Waals surface area contributed by atoms with Crippen LogP contribution in [-0.2, 0) is 11.2 Å². The number of rotatable bonds is 4. The Morgan fingerprint density at radius 1 is 1.22 bits per heavy atom. The van der Waals surface area contributed by atoms with Crippen LogP contribution in [0.3, 0.4) is 0 Å². The monoisotopic (exact) mass is 238 g/mol. The zero-order chi connectivity index (χ0) is 13.0. The molecule has 2 rings (SSSR count). The van der Waals surface area contributed by atoms with Crippen molar-refractivity contribution in [3.8, 4) is 12.3 Å². The summed E-state index contributed by atoms with van der Waals surface area (Å²) in [5.74, 6) is 1.09. The first kappa shape index (κ1) is 12.2. The van der Waals surface area contributed by atoms with Crippen molar-refractivity contribution >= 4 is 16.7 Å². The van der Waals surface area contributed by atoms with Gasteiger partial charge >= 0.3 is 5.97 Å². The highest BCUT2D eigenvalue weighted by molar-refractivity contribution is 5.83. The van der Waals surface area contributed by atoms with Gasteiger partial charge in [0.15, 0.2) is 0 Å². The molecule has 18 heavy (non-hydrogen) atoms. The molecule has 0 heterocycles. The summed E-state index contributed by atoms with van der Waals surface area (Å²) in [7, 11) is 0. The van der Waals surface area contributed by atoms with Crippen molar-refractivity contribution in [3.63, 3.8) is 0 Å². The van der Waals surface area contributed by atoms with E-state index in [2.05, 4.69) is 5.92 Å². The number of hydrogen-bond donors (Lipinski definition) is 1.